The zero-order valence-electron chi connectivity index (χ0n) is 16.8. The van der Waals surface area contributed by atoms with Crippen LogP contribution in [0, 0.1) is 5.82 Å². The van der Waals surface area contributed by atoms with Crippen molar-refractivity contribution in [2.75, 3.05) is 44.3 Å². The molecule has 0 saturated carbocycles. The molecule has 1 amide bonds. The van der Waals surface area contributed by atoms with Crippen LogP contribution in [0.2, 0.25) is 0 Å². The summed E-state index contributed by atoms with van der Waals surface area (Å²) in [6.07, 6.45) is 2.59. The van der Waals surface area contributed by atoms with Crippen molar-refractivity contribution in [1.29, 1.82) is 0 Å². The zero-order chi connectivity index (χ0) is 21.2. The molecule has 0 bridgehead atoms. The van der Waals surface area contributed by atoms with Gasteiger partial charge in [-0.05, 0) is 30.3 Å². The molecule has 1 N–H and O–H groups in total. The Morgan fingerprint density at radius 1 is 1.16 bits per heavy atom. The molecule has 0 spiro atoms. The zero-order valence-corrected chi connectivity index (χ0v) is 16.8. The van der Waals surface area contributed by atoms with E-state index in [1.165, 1.54) is 11.0 Å². The lowest BCUT2D eigenvalue weighted by atomic mass is 10.0. The van der Waals surface area contributed by atoms with E-state index in [4.69, 9.17) is 9.47 Å². The molecule has 2 aliphatic heterocycles. The van der Waals surface area contributed by atoms with Gasteiger partial charge in [0, 0.05) is 37.0 Å². The van der Waals surface area contributed by atoms with E-state index in [-0.39, 0.29) is 6.10 Å². The van der Waals surface area contributed by atoms with Crippen molar-refractivity contribution in [3.8, 4) is 22.5 Å². The van der Waals surface area contributed by atoms with Crippen molar-refractivity contribution in [3.05, 3.63) is 54.6 Å². The number of carbonyl (C=O) groups excluding carboxylic acids is 1. The summed E-state index contributed by atoms with van der Waals surface area (Å²) in [5, 5.41) is 6.92. The third kappa shape index (κ3) is 4.01. The fourth-order valence-electron chi connectivity index (χ4n) is 3.98. The van der Waals surface area contributed by atoms with Gasteiger partial charge in [0.25, 0.3) is 0 Å². The van der Waals surface area contributed by atoms with Gasteiger partial charge in [-0.1, -0.05) is 6.07 Å². The molecule has 2 aliphatic rings. The molecule has 8 nitrogen and oxygen atoms in total. The number of carbonyl (C=O) groups is 1. The molecule has 1 unspecified atom stereocenters. The van der Waals surface area contributed by atoms with Gasteiger partial charge >= 0.3 is 6.09 Å². The third-order valence-electron chi connectivity index (χ3n) is 5.55. The van der Waals surface area contributed by atoms with E-state index in [0.717, 1.165) is 13.1 Å². The summed E-state index contributed by atoms with van der Waals surface area (Å²) in [6, 6.07) is 10.3. The van der Waals surface area contributed by atoms with E-state index < -0.39 is 11.9 Å². The second-order valence-corrected chi connectivity index (χ2v) is 7.57. The number of halogens is 1. The van der Waals surface area contributed by atoms with E-state index >= 15 is 4.39 Å². The Morgan fingerprint density at radius 2 is 2.03 bits per heavy atom. The van der Waals surface area contributed by atoms with E-state index in [0.29, 0.717) is 54.5 Å². The number of amides is 1. The summed E-state index contributed by atoms with van der Waals surface area (Å²) >= 11 is 0. The number of morpholine rings is 1. The molecular formula is C22H22FN5O3. The lowest BCUT2D eigenvalue weighted by Gasteiger charge is -2.28. The molecular weight excluding hydrogens is 401 g/mol. The number of aromatic nitrogens is 3. The average Bonchev–Trinajstić information content (AvgIpc) is 3.42. The van der Waals surface area contributed by atoms with Crippen LogP contribution in [-0.2, 0) is 9.47 Å². The number of rotatable bonds is 5. The largest absolute Gasteiger partial charge is 0.443 e. The monoisotopic (exact) mass is 423 g/mol. The molecule has 1 aromatic carbocycles. The summed E-state index contributed by atoms with van der Waals surface area (Å²) < 4.78 is 26.0. The summed E-state index contributed by atoms with van der Waals surface area (Å²) in [7, 11) is 0. The standard InChI is InChI=1S/C22H22FN5O3/c23-19-11-15(28-14-16(31-22(28)29)13-27-7-9-30-10-8-27)4-5-17(19)21-18(12-25-26-21)20-3-1-2-6-24-20/h1-6,11-12,16H,7-10,13-14H2,(H,25,26). The molecule has 1 atom stereocenters. The number of nitrogens with zero attached hydrogens (tertiary/aromatic N) is 4. The predicted octanol–water partition coefficient (Wildman–Crippen LogP) is 2.94. The van der Waals surface area contributed by atoms with E-state index in [1.807, 2.05) is 18.2 Å². The van der Waals surface area contributed by atoms with Crippen molar-refractivity contribution in [2.24, 2.45) is 0 Å². The first kappa shape index (κ1) is 19.7. The number of hydrogen-bond acceptors (Lipinski definition) is 6. The first-order chi connectivity index (χ1) is 15.2. The molecule has 9 heteroatoms. The van der Waals surface area contributed by atoms with Gasteiger partial charge in [-0.3, -0.25) is 19.9 Å². The number of aromatic amines is 1. The molecule has 4 heterocycles. The number of benzene rings is 1. The molecule has 3 aromatic rings. The van der Waals surface area contributed by atoms with E-state index in [2.05, 4.69) is 20.1 Å². The number of cyclic esters (lactones) is 1. The van der Waals surface area contributed by atoms with Crippen LogP contribution in [0.25, 0.3) is 22.5 Å². The lowest BCUT2D eigenvalue weighted by molar-refractivity contribution is 0.0188. The number of hydrogen-bond donors (Lipinski definition) is 1. The van der Waals surface area contributed by atoms with Crippen LogP contribution >= 0.6 is 0 Å². The smallest absolute Gasteiger partial charge is 0.414 e. The Labute approximate surface area is 178 Å². The Bertz CT molecular complexity index is 1070. The average molecular weight is 423 g/mol. The Balaban J connectivity index is 1.35. The van der Waals surface area contributed by atoms with Crippen molar-refractivity contribution in [1.82, 2.24) is 20.1 Å². The lowest BCUT2D eigenvalue weighted by Crippen LogP contribution is -2.42. The number of nitrogens with one attached hydrogen (secondary N) is 1. The normalized spacial score (nSPS) is 19.6. The topological polar surface area (TPSA) is 83.6 Å². The van der Waals surface area contributed by atoms with Crippen LogP contribution in [0.5, 0.6) is 0 Å². The number of H-pyrrole nitrogens is 1. The minimum atomic E-state index is -0.457. The fourth-order valence-corrected chi connectivity index (χ4v) is 3.98. The van der Waals surface area contributed by atoms with Crippen molar-refractivity contribution < 1.29 is 18.7 Å². The second-order valence-electron chi connectivity index (χ2n) is 7.57. The fraction of sp³-hybridized carbons (Fsp3) is 0.318. The summed E-state index contributed by atoms with van der Waals surface area (Å²) in [5.41, 5.74) is 2.77. The SMILES string of the molecule is O=C1OC(CN2CCOCC2)CN1c1ccc(-c2[nH]ncc2-c2ccccn2)c(F)c1. The Morgan fingerprint density at radius 3 is 2.81 bits per heavy atom. The van der Waals surface area contributed by atoms with Crippen LogP contribution in [0.15, 0.2) is 48.8 Å². The van der Waals surface area contributed by atoms with Gasteiger partial charge in [-0.2, -0.15) is 5.10 Å². The number of anilines is 1. The summed E-state index contributed by atoms with van der Waals surface area (Å²) in [6.45, 7) is 4.04. The highest BCUT2D eigenvalue weighted by molar-refractivity contribution is 5.90. The molecule has 0 radical (unpaired) electrons. The minimum absolute atomic E-state index is 0.253. The first-order valence-corrected chi connectivity index (χ1v) is 10.2. The minimum Gasteiger partial charge on any atom is -0.443 e. The van der Waals surface area contributed by atoms with Gasteiger partial charge in [0.05, 0.1) is 43.0 Å². The van der Waals surface area contributed by atoms with E-state index in [1.54, 1.807) is 24.5 Å². The molecule has 2 fully saturated rings. The third-order valence-corrected chi connectivity index (χ3v) is 5.55. The second kappa shape index (κ2) is 8.44. The van der Waals surface area contributed by atoms with Gasteiger partial charge in [-0.25, -0.2) is 9.18 Å². The molecule has 2 aromatic heterocycles. The highest BCUT2D eigenvalue weighted by atomic mass is 19.1. The van der Waals surface area contributed by atoms with Crippen LogP contribution in [-0.4, -0.2) is 71.7 Å². The summed E-state index contributed by atoms with van der Waals surface area (Å²) in [4.78, 5) is 20.4. The van der Waals surface area contributed by atoms with Crippen LogP contribution < -0.4 is 4.90 Å². The highest BCUT2D eigenvalue weighted by Gasteiger charge is 2.34. The maximum Gasteiger partial charge on any atom is 0.414 e. The van der Waals surface area contributed by atoms with Crippen LogP contribution in [0.4, 0.5) is 14.9 Å². The molecule has 5 rings (SSSR count). The predicted molar refractivity (Wildman–Crippen MR) is 112 cm³/mol. The van der Waals surface area contributed by atoms with Gasteiger partial charge in [0.1, 0.15) is 11.9 Å². The van der Waals surface area contributed by atoms with Gasteiger partial charge in [0.15, 0.2) is 0 Å². The maximum atomic E-state index is 15.1. The summed E-state index contributed by atoms with van der Waals surface area (Å²) in [5.74, 6) is -0.455. The van der Waals surface area contributed by atoms with Crippen molar-refractivity contribution >= 4 is 11.8 Å². The molecule has 2 saturated heterocycles. The Kier molecular flexibility index (Phi) is 5.35. The maximum absolute atomic E-state index is 15.1. The van der Waals surface area contributed by atoms with Gasteiger partial charge < -0.3 is 9.47 Å². The molecule has 0 aliphatic carbocycles. The van der Waals surface area contributed by atoms with Gasteiger partial charge in [0.2, 0.25) is 0 Å². The highest BCUT2D eigenvalue weighted by Crippen LogP contribution is 2.33. The Hall–Kier alpha value is -3.30. The van der Waals surface area contributed by atoms with Crippen LogP contribution in [0.3, 0.4) is 0 Å². The van der Waals surface area contributed by atoms with Crippen molar-refractivity contribution in [2.45, 2.75) is 6.10 Å². The molecule has 160 valence electrons. The number of pyridine rings is 1. The van der Waals surface area contributed by atoms with Crippen molar-refractivity contribution in [3.63, 3.8) is 0 Å². The quantitative estimate of drug-likeness (QED) is 0.679. The van der Waals surface area contributed by atoms with Crippen LogP contribution in [0.1, 0.15) is 0 Å². The van der Waals surface area contributed by atoms with E-state index in [9.17, 15) is 4.79 Å². The van der Waals surface area contributed by atoms with Gasteiger partial charge in [-0.15, -0.1) is 0 Å². The first-order valence-electron chi connectivity index (χ1n) is 10.2. The molecule has 31 heavy (non-hydrogen) atoms. The number of ether oxygens (including phenoxy) is 2.